The molecule has 0 fully saturated rings. The molecule has 0 bridgehead atoms. The number of carbonyl (C=O) groups excluding carboxylic acids is 1. The lowest BCUT2D eigenvalue weighted by Gasteiger charge is -2.18. The quantitative estimate of drug-likeness (QED) is 0.665. The first kappa shape index (κ1) is 14.5. The van der Waals surface area contributed by atoms with Crippen LogP contribution in [0.1, 0.15) is 15.9 Å². The van der Waals surface area contributed by atoms with Gasteiger partial charge in [-0.3, -0.25) is 4.79 Å². The second-order valence-corrected chi connectivity index (χ2v) is 6.36. The van der Waals surface area contributed by atoms with Crippen LogP contribution in [0.25, 0.3) is 0 Å². The number of carbonyl (C=O) groups is 1. The highest BCUT2D eigenvalue weighted by Crippen LogP contribution is 2.18. The van der Waals surface area contributed by atoms with Crippen molar-refractivity contribution < 1.29 is 4.79 Å². The average molecular weight is 430 g/mol. The molecule has 2 rings (SSSR count). The molecular formula is C15H13BrINO. The highest BCUT2D eigenvalue weighted by atomic mass is 127. The summed E-state index contributed by atoms with van der Waals surface area (Å²) in [4.78, 5) is 14.0. The summed E-state index contributed by atoms with van der Waals surface area (Å²) in [5.74, 6) is 0.0344. The van der Waals surface area contributed by atoms with Gasteiger partial charge in [-0.1, -0.05) is 34.1 Å². The molecule has 98 valence electrons. The van der Waals surface area contributed by atoms with Gasteiger partial charge in [0.15, 0.2) is 0 Å². The van der Waals surface area contributed by atoms with Gasteiger partial charge in [-0.2, -0.15) is 0 Å². The van der Waals surface area contributed by atoms with Crippen molar-refractivity contribution in [1.29, 1.82) is 0 Å². The largest absolute Gasteiger partial charge is 0.337 e. The van der Waals surface area contributed by atoms with Crippen LogP contribution in [-0.2, 0) is 6.54 Å². The van der Waals surface area contributed by atoms with Crippen LogP contribution in [0.5, 0.6) is 0 Å². The van der Waals surface area contributed by atoms with Crippen LogP contribution in [0.15, 0.2) is 53.0 Å². The molecule has 0 aliphatic carbocycles. The second kappa shape index (κ2) is 6.52. The van der Waals surface area contributed by atoms with E-state index in [0.717, 1.165) is 19.2 Å². The zero-order valence-corrected chi connectivity index (χ0v) is 14.2. The van der Waals surface area contributed by atoms with E-state index in [1.54, 1.807) is 4.90 Å². The summed E-state index contributed by atoms with van der Waals surface area (Å²) in [5.41, 5.74) is 1.82. The fourth-order valence-corrected chi connectivity index (χ4v) is 2.54. The number of hydrogen-bond acceptors (Lipinski definition) is 1. The Morgan fingerprint density at radius 2 is 1.79 bits per heavy atom. The van der Waals surface area contributed by atoms with Gasteiger partial charge in [0.25, 0.3) is 5.91 Å². The lowest BCUT2D eigenvalue weighted by atomic mass is 10.1. The number of halogens is 2. The van der Waals surface area contributed by atoms with Crippen molar-refractivity contribution in [2.45, 2.75) is 6.54 Å². The van der Waals surface area contributed by atoms with Gasteiger partial charge < -0.3 is 4.90 Å². The van der Waals surface area contributed by atoms with Crippen LogP contribution < -0.4 is 0 Å². The van der Waals surface area contributed by atoms with Gasteiger partial charge in [-0.05, 0) is 58.5 Å². The fraction of sp³-hybridized carbons (Fsp3) is 0.133. The third kappa shape index (κ3) is 3.79. The molecule has 0 aliphatic heterocycles. The first-order valence-corrected chi connectivity index (χ1v) is 7.69. The van der Waals surface area contributed by atoms with Crippen LogP contribution in [0.3, 0.4) is 0 Å². The summed E-state index contributed by atoms with van der Waals surface area (Å²) in [6, 6.07) is 15.6. The first-order chi connectivity index (χ1) is 9.08. The minimum absolute atomic E-state index is 0.0344. The van der Waals surface area contributed by atoms with Gasteiger partial charge in [0.1, 0.15) is 0 Å². The van der Waals surface area contributed by atoms with E-state index in [0.29, 0.717) is 6.54 Å². The van der Waals surface area contributed by atoms with Gasteiger partial charge in [-0.15, -0.1) is 0 Å². The van der Waals surface area contributed by atoms with Crippen molar-refractivity contribution in [3.05, 3.63) is 67.7 Å². The Balaban J connectivity index is 2.12. The number of amides is 1. The van der Waals surface area contributed by atoms with Crippen molar-refractivity contribution in [2.24, 2.45) is 0 Å². The Labute approximate surface area is 135 Å². The van der Waals surface area contributed by atoms with Crippen LogP contribution in [-0.4, -0.2) is 17.9 Å². The number of hydrogen-bond donors (Lipinski definition) is 0. The van der Waals surface area contributed by atoms with E-state index in [9.17, 15) is 4.79 Å². The van der Waals surface area contributed by atoms with Crippen molar-refractivity contribution >= 4 is 44.4 Å². The Morgan fingerprint density at radius 1 is 1.16 bits per heavy atom. The maximum Gasteiger partial charge on any atom is 0.253 e. The molecule has 0 unspecified atom stereocenters. The standard InChI is InChI=1S/C15H13BrINO/c1-18(10-12-4-2-3-5-14(12)16)15(19)11-6-8-13(17)9-7-11/h2-9H,10H2,1H3. The highest BCUT2D eigenvalue weighted by Gasteiger charge is 2.12. The second-order valence-electron chi connectivity index (χ2n) is 4.26. The molecule has 2 aromatic carbocycles. The summed E-state index contributed by atoms with van der Waals surface area (Å²) in [6.07, 6.45) is 0. The van der Waals surface area contributed by atoms with Crippen molar-refractivity contribution in [3.8, 4) is 0 Å². The summed E-state index contributed by atoms with van der Waals surface area (Å²) in [7, 11) is 1.82. The molecular weight excluding hydrogens is 417 g/mol. The Morgan fingerprint density at radius 3 is 2.42 bits per heavy atom. The number of benzene rings is 2. The fourth-order valence-electron chi connectivity index (χ4n) is 1.77. The van der Waals surface area contributed by atoms with E-state index in [1.165, 1.54) is 0 Å². The predicted molar refractivity (Wildman–Crippen MR) is 89.1 cm³/mol. The van der Waals surface area contributed by atoms with Crippen molar-refractivity contribution in [3.63, 3.8) is 0 Å². The predicted octanol–water partition coefficient (Wildman–Crippen LogP) is 4.33. The van der Waals surface area contributed by atoms with Crippen LogP contribution in [0.2, 0.25) is 0 Å². The zero-order valence-electron chi connectivity index (χ0n) is 10.4. The van der Waals surface area contributed by atoms with Crippen LogP contribution in [0.4, 0.5) is 0 Å². The monoisotopic (exact) mass is 429 g/mol. The molecule has 0 radical (unpaired) electrons. The number of rotatable bonds is 3. The maximum absolute atomic E-state index is 12.3. The van der Waals surface area contributed by atoms with E-state index in [-0.39, 0.29) is 5.91 Å². The van der Waals surface area contributed by atoms with Gasteiger partial charge in [0.05, 0.1) is 0 Å². The normalized spacial score (nSPS) is 10.3. The third-order valence-electron chi connectivity index (χ3n) is 2.80. The van der Waals surface area contributed by atoms with Crippen LogP contribution in [0, 0.1) is 3.57 Å². The maximum atomic E-state index is 12.3. The lowest BCUT2D eigenvalue weighted by Crippen LogP contribution is -2.26. The molecule has 2 aromatic rings. The molecule has 0 atom stereocenters. The minimum Gasteiger partial charge on any atom is -0.337 e. The van der Waals surface area contributed by atoms with E-state index in [2.05, 4.69) is 38.5 Å². The molecule has 0 aromatic heterocycles. The van der Waals surface area contributed by atoms with Gasteiger partial charge >= 0.3 is 0 Å². The molecule has 19 heavy (non-hydrogen) atoms. The summed E-state index contributed by atoms with van der Waals surface area (Å²) < 4.78 is 2.15. The Bertz CT molecular complexity index is 583. The van der Waals surface area contributed by atoms with E-state index < -0.39 is 0 Å². The summed E-state index contributed by atoms with van der Waals surface area (Å²) in [5, 5.41) is 0. The van der Waals surface area contributed by atoms with E-state index >= 15 is 0 Å². The van der Waals surface area contributed by atoms with Gasteiger partial charge in [0.2, 0.25) is 0 Å². The number of nitrogens with zero attached hydrogens (tertiary/aromatic N) is 1. The average Bonchev–Trinajstić information content (AvgIpc) is 2.41. The highest BCUT2D eigenvalue weighted by molar-refractivity contribution is 14.1. The van der Waals surface area contributed by atoms with Crippen LogP contribution >= 0.6 is 38.5 Å². The lowest BCUT2D eigenvalue weighted by molar-refractivity contribution is 0.0785. The third-order valence-corrected chi connectivity index (χ3v) is 4.30. The first-order valence-electron chi connectivity index (χ1n) is 5.82. The molecule has 0 saturated carbocycles. The molecule has 0 N–H and O–H groups in total. The Hall–Kier alpha value is -0.880. The minimum atomic E-state index is 0.0344. The molecule has 0 saturated heterocycles. The molecule has 4 heteroatoms. The van der Waals surface area contributed by atoms with Crippen molar-refractivity contribution in [1.82, 2.24) is 4.90 Å². The molecule has 0 aliphatic rings. The molecule has 0 heterocycles. The molecule has 1 amide bonds. The van der Waals surface area contributed by atoms with Gasteiger partial charge in [-0.25, -0.2) is 0 Å². The zero-order chi connectivity index (χ0) is 13.8. The Kier molecular flexibility index (Phi) is 4.99. The molecule has 2 nitrogen and oxygen atoms in total. The SMILES string of the molecule is CN(Cc1ccccc1Br)C(=O)c1ccc(I)cc1. The van der Waals surface area contributed by atoms with E-state index in [4.69, 9.17) is 0 Å². The van der Waals surface area contributed by atoms with Crippen molar-refractivity contribution in [2.75, 3.05) is 7.05 Å². The molecule has 0 spiro atoms. The summed E-state index contributed by atoms with van der Waals surface area (Å²) in [6.45, 7) is 0.590. The summed E-state index contributed by atoms with van der Waals surface area (Å²) >= 11 is 5.73. The van der Waals surface area contributed by atoms with Gasteiger partial charge in [0, 0.05) is 27.2 Å². The smallest absolute Gasteiger partial charge is 0.253 e. The van der Waals surface area contributed by atoms with E-state index in [1.807, 2.05) is 55.6 Å². The topological polar surface area (TPSA) is 20.3 Å².